The van der Waals surface area contributed by atoms with Gasteiger partial charge in [-0.05, 0) is 67.5 Å². The molecule has 0 aliphatic carbocycles. The Hall–Kier alpha value is -0.620. The average molecular weight is 372 g/mol. The van der Waals surface area contributed by atoms with Crippen LogP contribution in [0.25, 0.3) is 0 Å². The Morgan fingerprint density at radius 3 is 2.63 bits per heavy atom. The standard InChI is InChI=1S/C15H21IN2O/c1-11(2)18-8-6-14(7-9-18)17-15(19)12-4-3-5-13(16)10-12/h3-5,10-11,14H,6-9H2,1-2H3,(H,17,19). The van der Waals surface area contributed by atoms with Gasteiger partial charge in [0, 0.05) is 34.3 Å². The molecular weight excluding hydrogens is 351 g/mol. The molecule has 1 aliphatic rings. The largest absolute Gasteiger partial charge is 0.349 e. The number of hydrogen-bond acceptors (Lipinski definition) is 2. The van der Waals surface area contributed by atoms with Crippen molar-refractivity contribution in [2.75, 3.05) is 13.1 Å². The summed E-state index contributed by atoms with van der Waals surface area (Å²) in [6.07, 6.45) is 2.10. The minimum atomic E-state index is 0.0570. The number of hydrogen-bond donors (Lipinski definition) is 1. The first-order valence-corrected chi connectivity index (χ1v) is 7.94. The fraction of sp³-hybridized carbons (Fsp3) is 0.533. The van der Waals surface area contributed by atoms with Gasteiger partial charge in [-0.15, -0.1) is 0 Å². The molecule has 1 aliphatic heterocycles. The number of benzene rings is 1. The SMILES string of the molecule is CC(C)N1CCC(NC(=O)c2cccc(I)c2)CC1. The first-order chi connectivity index (χ1) is 9.06. The van der Waals surface area contributed by atoms with Gasteiger partial charge < -0.3 is 10.2 Å². The Balaban J connectivity index is 1.87. The highest BCUT2D eigenvalue weighted by Gasteiger charge is 2.22. The van der Waals surface area contributed by atoms with Gasteiger partial charge in [-0.25, -0.2) is 0 Å². The maximum atomic E-state index is 12.2. The normalized spacial score (nSPS) is 17.7. The summed E-state index contributed by atoms with van der Waals surface area (Å²) in [7, 11) is 0. The molecule has 0 saturated carbocycles. The molecule has 1 saturated heterocycles. The van der Waals surface area contributed by atoms with Crippen LogP contribution in [0.5, 0.6) is 0 Å². The summed E-state index contributed by atoms with van der Waals surface area (Å²) in [5.74, 6) is 0.0570. The Labute approximate surface area is 128 Å². The van der Waals surface area contributed by atoms with E-state index in [-0.39, 0.29) is 5.91 Å². The van der Waals surface area contributed by atoms with Crippen LogP contribution in [-0.2, 0) is 0 Å². The van der Waals surface area contributed by atoms with Crippen molar-refractivity contribution < 1.29 is 4.79 Å². The van der Waals surface area contributed by atoms with E-state index in [0.717, 1.165) is 35.1 Å². The summed E-state index contributed by atoms with van der Waals surface area (Å²) >= 11 is 2.23. The lowest BCUT2D eigenvalue weighted by molar-refractivity contribution is 0.0900. The third-order valence-corrected chi connectivity index (χ3v) is 4.35. The lowest BCUT2D eigenvalue weighted by atomic mass is 10.0. The summed E-state index contributed by atoms with van der Waals surface area (Å²) in [4.78, 5) is 14.6. The van der Waals surface area contributed by atoms with Crippen LogP contribution >= 0.6 is 22.6 Å². The number of carbonyl (C=O) groups is 1. The summed E-state index contributed by atoms with van der Waals surface area (Å²) in [5, 5.41) is 3.15. The Morgan fingerprint density at radius 2 is 2.05 bits per heavy atom. The van der Waals surface area contributed by atoms with Crippen LogP contribution in [0.15, 0.2) is 24.3 Å². The Morgan fingerprint density at radius 1 is 1.37 bits per heavy atom. The monoisotopic (exact) mass is 372 g/mol. The molecule has 4 heteroatoms. The summed E-state index contributed by atoms with van der Waals surface area (Å²) < 4.78 is 1.10. The number of nitrogens with one attached hydrogen (secondary N) is 1. The lowest BCUT2D eigenvalue weighted by Gasteiger charge is -2.34. The van der Waals surface area contributed by atoms with Crippen molar-refractivity contribution in [1.82, 2.24) is 10.2 Å². The predicted octanol–water partition coefficient (Wildman–Crippen LogP) is 2.89. The van der Waals surface area contributed by atoms with Crippen molar-refractivity contribution in [3.05, 3.63) is 33.4 Å². The molecule has 1 heterocycles. The molecular formula is C15H21IN2O. The van der Waals surface area contributed by atoms with E-state index < -0.39 is 0 Å². The fourth-order valence-electron chi connectivity index (χ4n) is 2.46. The van der Waals surface area contributed by atoms with Gasteiger partial charge in [0.15, 0.2) is 0 Å². The maximum Gasteiger partial charge on any atom is 0.251 e. The molecule has 0 atom stereocenters. The topological polar surface area (TPSA) is 32.3 Å². The third-order valence-electron chi connectivity index (χ3n) is 3.68. The highest BCUT2D eigenvalue weighted by molar-refractivity contribution is 14.1. The van der Waals surface area contributed by atoms with Crippen molar-refractivity contribution in [2.45, 2.75) is 38.8 Å². The van der Waals surface area contributed by atoms with Gasteiger partial charge in [-0.2, -0.15) is 0 Å². The molecule has 104 valence electrons. The van der Waals surface area contributed by atoms with E-state index in [1.54, 1.807) is 0 Å². The van der Waals surface area contributed by atoms with E-state index in [2.05, 4.69) is 46.7 Å². The van der Waals surface area contributed by atoms with Crippen LogP contribution in [0.3, 0.4) is 0 Å². The van der Waals surface area contributed by atoms with Crippen LogP contribution in [0.4, 0.5) is 0 Å². The van der Waals surface area contributed by atoms with Crippen LogP contribution in [0.1, 0.15) is 37.0 Å². The molecule has 3 nitrogen and oxygen atoms in total. The van der Waals surface area contributed by atoms with Gasteiger partial charge in [0.05, 0.1) is 0 Å². The van der Waals surface area contributed by atoms with E-state index in [9.17, 15) is 4.79 Å². The molecule has 2 rings (SSSR count). The van der Waals surface area contributed by atoms with Gasteiger partial charge >= 0.3 is 0 Å². The number of piperidine rings is 1. The van der Waals surface area contributed by atoms with Gasteiger partial charge in [0.25, 0.3) is 5.91 Å². The lowest BCUT2D eigenvalue weighted by Crippen LogP contribution is -2.46. The highest BCUT2D eigenvalue weighted by Crippen LogP contribution is 2.14. The molecule has 0 unspecified atom stereocenters. The van der Waals surface area contributed by atoms with E-state index in [1.807, 2.05) is 24.3 Å². The third kappa shape index (κ3) is 4.18. The molecule has 0 spiro atoms. The van der Waals surface area contributed by atoms with Crippen molar-refractivity contribution in [3.8, 4) is 0 Å². The first-order valence-electron chi connectivity index (χ1n) is 6.87. The van der Waals surface area contributed by atoms with E-state index in [4.69, 9.17) is 0 Å². The zero-order valence-corrected chi connectivity index (χ0v) is 13.7. The molecule has 1 N–H and O–H groups in total. The van der Waals surface area contributed by atoms with Crippen molar-refractivity contribution in [3.63, 3.8) is 0 Å². The minimum Gasteiger partial charge on any atom is -0.349 e. The minimum absolute atomic E-state index is 0.0570. The number of halogens is 1. The Kier molecular flexibility index (Phi) is 5.21. The number of carbonyl (C=O) groups excluding carboxylic acids is 1. The zero-order chi connectivity index (χ0) is 13.8. The molecule has 1 aromatic carbocycles. The van der Waals surface area contributed by atoms with Crippen molar-refractivity contribution >= 4 is 28.5 Å². The van der Waals surface area contributed by atoms with Gasteiger partial charge in [-0.3, -0.25) is 4.79 Å². The second kappa shape index (κ2) is 6.70. The Bertz CT molecular complexity index is 440. The quantitative estimate of drug-likeness (QED) is 0.828. The summed E-state index contributed by atoms with van der Waals surface area (Å²) in [6.45, 7) is 6.61. The maximum absolute atomic E-state index is 12.2. The molecule has 0 aromatic heterocycles. The smallest absolute Gasteiger partial charge is 0.251 e. The first kappa shape index (κ1) is 14.8. The number of amides is 1. The average Bonchev–Trinajstić information content (AvgIpc) is 2.39. The van der Waals surface area contributed by atoms with E-state index in [0.29, 0.717) is 12.1 Å². The van der Waals surface area contributed by atoms with Crippen molar-refractivity contribution in [2.24, 2.45) is 0 Å². The molecule has 0 bridgehead atoms. The molecule has 19 heavy (non-hydrogen) atoms. The molecule has 1 amide bonds. The highest BCUT2D eigenvalue weighted by atomic mass is 127. The van der Waals surface area contributed by atoms with Gasteiger partial charge in [0.2, 0.25) is 0 Å². The van der Waals surface area contributed by atoms with Gasteiger partial charge in [0.1, 0.15) is 0 Å². The van der Waals surface area contributed by atoms with Crippen LogP contribution < -0.4 is 5.32 Å². The second-order valence-corrected chi connectivity index (χ2v) is 6.63. The predicted molar refractivity (Wildman–Crippen MR) is 86.4 cm³/mol. The number of rotatable bonds is 3. The molecule has 0 radical (unpaired) electrons. The molecule has 1 aromatic rings. The van der Waals surface area contributed by atoms with Crippen molar-refractivity contribution in [1.29, 1.82) is 0 Å². The zero-order valence-electron chi connectivity index (χ0n) is 11.5. The second-order valence-electron chi connectivity index (χ2n) is 5.39. The van der Waals surface area contributed by atoms with Crippen LogP contribution in [0.2, 0.25) is 0 Å². The van der Waals surface area contributed by atoms with E-state index >= 15 is 0 Å². The van der Waals surface area contributed by atoms with E-state index in [1.165, 1.54) is 0 Å². The van der Waals surface area contributed by atoms with Crippen LogP contribution in [-0.4, -0.2) is 36.0 Å². The number of likely N-dealkylation sites (tertiary alicyclic amines) is 1. The van der Waals surface area contributed by atoms with Crippen LogP contribution in [0, 0.1) is 3.57 Å². The summed E-state index contributed by atoms with van der Waals surface area (Å²) in [6, 6.07) is 8.66. The summed E-state index contributed by atoms with van der Waals surface area (Å²) in [5.41, 5.74) is 0.762. The molecule has 1 fully saturated rings. The van der Waals surface area contributed by atoms with Gasteiger partial charge in [-0.1, -0.05) is 6.07 Å². The number of nitrogens with zero attached hydrogens (tertiary/aromatic N) is 1. The fourth-order valence-corrected chi connectivity index (χ4v) is 3.00.